The summed E-state index contributed by atoms with van der Waals surface area (Å²) in [6.45, 7) is 7.34. The first-order valence-corrected chi connectivity index (χ1v) is 12.9. The predicted molar refractivity (Wildman–Crippen MR) is 135 cm³/mol. The minimum atomic E-state index is -2.98. The minimum absolute atomic E-state index is 0.0875. The summed E-state index contributed by atoms with van der Waals surface area (Å²) in [5, 5.41) is 10.2. The number of hydrogen-bond donors (Lipinski definition) is 2. The number of ether oxygens (including phenoxy) is 2. The van der Waals surface area contributed by atoms with Crippen molar-refractivity contribution < 1.29 is 23.0 Å². The van der Waals surface area contributed by atoms with Crippen LogP contribution in [0.1, 0.15) is 49.8 Å². The number of aromatic nitrogens is 3. The highest BCUT2D eigenvalue weighted by molar-refractivity contribution is 7.12. The topological polar surface area (TPSA) is 89.8 Å². The average Bonchev–Trinajstić information content (AvgIpc) is 3.33. The molecule has 4 rings (SSSR count). The number of thiophene rings is 1. The standard InChI is InChI=1S/C24H30ClF2N5O3S/c1-14-17(18-10-30-32-11-15(25)9-28-21(18)32)8-16(36-14)12-34-13-29-20-19(6-5-7-24(20,26)27)31-22(33)35-23(2,3)4/h8-11,19-20,29H,5-7,12-13H2,1-4H3,(H,31,33). The summed E-state index contributed by atoms with van der Waals surface area (Å²) >= 11 is 7.55. The first-order valence-electron chi connectivity index (χ1n) is 11.7. The van der Waals surface area contributed by atoms with Gasteiger partial charge in [0.15, 0.2) is 5.65 Å². The maximum Gasteiger partial charge on any atom is 0.407 e. The molecule has 1 fully saturated rings. The molecule has 3 aromatic rings. The van der Waals surface area contributed by atoms with E-state index in [1.54, 1.807) is 55.2 Å². The van der Waals surface area contributed by atoms with Crippen LogP contribution in [0.5, 0.6) is 0 Å². The van der Waals surface area contributed by atoms with E-state index < -0.39 is 29.7 Å². The van der Waals surface area contributed by atoms with Crippen LogP contribution >= 0.6 is 22.9 Å². The van der Waals surface area contributed by atoms with Gasteiger partial charge in [0.05, 0.1) is 42.8 Å². The number of alkyl halides is 2. The summed E-state index contributed by atoms with van der Waals surface area (Å²) in [5.74, 6) is -2.98. The molecule has 0 saturated heterocycles. The number of nitrogens with zero attached hydrogens (tertiary/aromatic N) is 3. The molecule has 0 spiro atoms. The maximum atomic E-state index is 14.7. The fourth-order valence-electron chi connectivity index (χ4n) is 4.30. The highest BCUT2D eigenvalue weighted by Crippen LogP contribution is 2.35. The second-order valence-electron chi connectivity index (χ2n) is 9.86. The van der Waals surface area contributed by atoms with Gasteiger partial charge in [0.2, 0.25) is 0 Å². The number of amides is 1. The Morgan fingerprint density at radius 1 is 1.33 bits per heavy atom. The highest BCUT2D eigenvalue weighted by Gasteiger charge is 2.47. The van der Waals surface area contributed by atoms with Crippen molar-refractivity contribution in [1.82, 2.24) is 25.2 Å². The Morgan fingerprint density at radius 3 is 2.86 bits per heavy atom. The van der Waals surface area contributed by atoms with Crippen molar-refractivity contribution in [2.45, 2.75) is 77.2 Å². The Bertz CT molecular complexity index is 1230. The summed E-state index contributed by atoms with van der Waals surface area (Å²) in [4.78, 5) is 18.6. The normalized spacial score (nSPS) is 20.0. The number of rotatable bonds is 7. The van der Waals surface area contributed by atoms with Crippen LogP contribution in [0.25, 0.3) is 16.8 Å². The molecule has 3 aromatic heterocycles. The van der Waals surface area contributed by atoms with E-state index in [1.165, 1.54) is 0 Å². The smallest absolute Gasteiger partial charge is 0.407 e. The van der Waals surface area contributed by atoms with Crippen LogP contribution in [-0.2, 0) is 16.1 Å². The van der Waals surface area contributed by atoms with Crippen molar-refractivity contribution >= 4 is 34.7 Å². The molecule has 1 amide bonds. The molecule has 12 heteroatoms. The zero-order valence-corrected chi connectivity index (χ0v) is 22.2. The Hall–Kier alpha value is -2.34. The minimum Gasteiger partial charge on any atom is -0.444 e. The van der Waals surface area contributed by atoms with Gasteiger partial charge >= 0.3 is 6.09 Å². The van der Waals surface area contributed by atoms with Gasteiger partial charge in [0.25, 0.3) is 5.92 Å². The van der Waals surface area contributed by atoms with Gasteiger partial charge in [-0.1, -0.05) is 11.6 Å². The van der Waals surface area contributed by atoms with Crippen LogP contribution in [0.3, 0.4) is 0 Å². The molecular weight excluding hydrogens is 512 g/mol. The molecule has 1 aliphatic carbocycles. The van der Waals surface area contributed by atoms with Crippen LogP contribution in [0.4, 0.5) is 13.6 Å². The number of carbonyl (C=O) groups is 1. The fourth-order valence-corrected chi connectivity index (χ4v) is 5.44. The zero-order valence-electron chi connectivity index (χ0n) is 20.6. The third kappa shape index (κ3) is 6.31. The largest absolute Gasteiger partial charge is 0.444 e. The first kappa shape index (κ1) is 26.7. The second kappa shape index (κ2) is 10.6. The summed E-state index contributed by atoms with van der Waals surface area (Å²) in [6.07, 6.45) is 4.80. The number of hydrogen-bond acceptors (Lipinski definition) is 7. The molecule has 0 radical (unpaired) electrons. The number of nitrogens with one attached hydrogen (secondary N) is 2. The van der Waals surface area contributed by atoms with E-state index in [-0.39, 0.29) is 19.8 Å². The van der Waals surface area contributed by atoms with E-state index >= 15 is 0 Å². The lowest BCUT2D eigenvalue weighted by Gasteiger charge is -2.38. The van der Waals surface area contributed by atoms with Crippen LogP contribution in [0.2, 0.25) is 5.02 Å². The van der Waals surface area contributed by atoms with Gasteiger partial charge in [-0.05, 0) is 46.6 Å². The van der Waals surface area contributed by atoms with E-state index in [4.69, 9.17) is 21.1 Å². The SMILES string of the molecule is Cc1sc(COCNC2C(NC(=O)OC(C)(C)C)CCCC2(F)F)cc1-c1cnn2cc(Cl)cnc12. The monoisotopic (exact) mass is 541 g/mol. The van der Waals surface area contributed by atoms with Gasteiger partial charge in [-0.15, -0.1) is 11.3 Å². The van der Waals surface area contributed by atoms with E-state index in [1.807, 2.05) is 13.0 Å². The van der Waals surface area contributed by atoms with Gasteiger partial charge < -0.3 is 14.8 Å². The Balaban J connectivity index is 1.36. The van der Waals surface area contributed by atoms with Crippen LogP contribution in [-0.4, -0.2) is 51.0 Å². The van der Waals surface area contributed by atoms with Crippen LogP contribution in [0, 0.1) is 6.92 Å². The van der Waals surface area contributed by atoms with E-state index in [0.717, 1.165) is 20.9 Å². The summed E-state index contributed by atoms with van der Waals surface area (Å²) in [5.41, 5.74) is 1.84. The molecule has 8 nitrogen and oxygen atoms in total. The van der Waals surface area contributed by atoms with Gasteiger partial charge in [-0.3, -0.25) is 5.32 Å². The lowest BCUT2D eigenvalue weighted by atomic mass is 9.87. The van der Waals surface area contributed by atoms with Crippen LogP contribution in [0.15, 0.2) is 24.7 Å². The van der Waals surface area contributed by atoms with Gasteiger partial charge in [-0.2, -0.15) is 5.10 Å². The van der Waals surface area contributed by atoms with Crippen molar-refractivity contribution in [3.05, 3.63) is 39.4 Å². The number of aryl methyl sites for hydroxylation is 1. The highest BCUT2D eigenvalue weighted by atomic mass is 35.5. The van der Waals surface area contributed by atoms with Crippen molar-refractivity contribution in [3.8, 4) is 11.1 Å². The Morgan fingerprint density at radius 2 is 2.11 bits per heavy atom. The fraction of sp³-hybridized carbons (Fsp3) is 0.542. The molecule has 196 valence electrons. The maximum absolute atomic E-state index is 14.7. The number of halogens is 3. The number of alkyl carbamates (subject to hydrolysis) is 1. The van der Waals surface area contributed by atoms with E-state index in [9.17, 15) is 13.6 Å². The van der Waals surface area contributed by atoms with Crippen molar-refractivity contribution in [2.75, 3.05) is 6.73 Å². The quantitative estimate of drug-likeness (QED) is 0.300. The second-order valence-corrected chi connectivity index (χ2v) is 11.6. The molecule has 2 unspecified atom stereocenters. The van der Waals surface area contributed by atoms with Crippen LogP contribution < -0.4 is 10.6 Å². The summed E-state index contributed by atoms with van der Waals surface area (Å²) in [6, 6.07) is -0.0226. The molecular formula is C24H30ClF2N5O3S. The van der Waals surface area contributed by atoms with Crippen molar-refractivity contribution in [1.29, 1.82) is 0 Å². The van der Waals surface area contributed by atoms with Gasteiger partial charge in [0.1, 0.15) is 5.60 Å². The third-order valence-electron chi connectivity index (χ3n) is 5.82. The lowest BCUT2D eigenvalue weighted by Crippen LogP contribution is -2.61. The summed E-state index contributed by atoms with van der Waals surface area (Å²) in [7, 11) is 0. The van der Waals surface area contributed by atoms with Gasteiger partial charge in [0, 0.05) is 33.5 Å². The third-order valence-corrected chi connectivity index (χ3v) is 7.04. The van der Waals surface area contributed by atoms with E-state index in [0.29, 0.717) is 23.5 Å². The molecule has 2 atom stereocenters. The molecule has 3 heterocycles. The molecule has 0 aromatic carbocycles. The van der Waals surface area contributed by atoms with Crippen molar-refractivity contribution in [2.24, 2.45) is 0 Å². The molecule has 1 aliphatic rings. The van der Waals surface area contributed by atoms with Crippen molar-refractivity contribution in [3.63, 3.8) is 0 Å². The molecule has 0 aliphatic heterocycles. The average molecular weight is 542 g/mol. The molecule has 0 bridgehead atoms. The predicted octanol–water partition coefficient (Wildman–Crippen LogP) is 5.56. The molecule has 2 N–H and O–H groups in total. The number of carbonyl (C=O) groups excluding carboxylic acids is 1. The molecule has 36 heavy (non-hydrogen) atoms. The summed E-state index contributed by atoms with van der Waals surface area (Å²) < 4.78 is 42.0. The zero-order chi connectivity index (χ0) is 26.1. The first-order chi connectivity index (χ1) is 16.9. The van der Waals surface area contributed by atoms with Gasteiger partial charge in [-0.25, -0.2) is 23.1 Å². The Kier molecular flexibility index (Phi) is 7.84. The van der Waals surface area contributed by atoms with E-state index in [2.05, 4.69) is 20.7 Å². The molecule has 1 saturated carbocycles. The lowest BCUT2D eigenvalue weighted by molar-refractivity contribution is -0.0848. The number of fused-ring (bicyclic) bond motifs is 1. The Labute approximate surface area is 217 Å².